The number of aliphatic hydroxyl groups excluding tert-OH is 1. The highest BCUT2D eigenvalue weighted by atomic mass is 16.5. The van der Waals surface area contributed by atoms with Crippen molar-refractivity contribution in [1.82, 2.24) is 4.90 Å². The number of hydrogen-bond acceptors (Lipinski definition) is 4. The van der Waals surface area contributed by atoms with Crippen LogP contribution in [0.1, 0.15) is 12.8 Å². The van der Waals surface area contributed by atoms with Crippen molar-refractivity contribution in [2.75, 3.05) is 40.5 Å². The van der Waals surface area contributed by atoms with Crippen molar-refractivity contribution in [2.24, 2.45) is 0 Å². The van der Waals surface area contributed by atoms with Crippen LogP contribution in [0.5, 0.6) is 0 Å². The van der Waals surface area contributed by atoms with Crippen LogP contribution in [0.25, 0.3) is 0 Å². The molecular formula is C10H19NO4. The Hall–Kier alpha value is -0.650. The molecular weight excluding hydrogens is 198 g/mol. The number of ether oxygens (including phenoxy) is 2. The summed E-state index contributed by atoms with van der Waals surface area (Å²) in [6, 6.07) is 0. The Labute approximate surface area is 90.0 Å². The van der Waals surface area contributed by atoms with Gasteiger partial charge in [-0.2, -0.15) is 0 Å². The SMILES string of the molecule is CN(C)C(=O)C1(OCCO)CCOCC1. The molecule has 1 fully saturated rings. The third-order valence-corrected chi connectivity index (χ3v) is 2.57. The van der Waals surface area contributed by atoms with Gasteiger partial charge in [0.25, 0.3) is 5.91 Å². The monoisotopic (exact) mass is 217 g/mol. The van der Waals surface area contributed by atoms with Gasteiger partial charge in [0.1, 0.15) is 0 Å². The zero-order chi connectivity index (χ0) is 11.3. The van der Waals surface area contributed by atoms with E-state index in [9.17, 15) is 4.79 Å². The molecule has 0 radical (unpaired) electrons. The first kappa shape index (κ1) is 12.4. The van der Waals surface area contributed by atoms with Crippen molar-refractivity contribution >= 4 is 5.91 Å². The summed E-state index contributed by atoms with van der Waals surface area (Å²) in [4.78, 5) is 13.5. The van der Waals surface area contributed by atoms with Crippen LogP contribution in [0.15, 0.2) is 0 Å². The zero-order valence-corrected chi connectivity index (χ0v) is 9.36. The fourth-order valence-corrected chi connectivity index (χ4v) is 1.77. The molecule has 1 N–H and O–H groups in total. The standard InChI is InChI=1S/C10H19NO4/c1-11(2)9(13)10(15-8-5-12)3-6-14-7-4-10/h12H,3-8H2,1-2H3. The molecule has 1 rings (SSSR count). The Bertz CT molecular complexity index is 211. The molecule has 0 bridgehead atoms. The van der Waals surface area contributed by atoms with Gasteiger partial charge in [-0.25, -0.2) is 0 Å². The number of aliphatic hydroxyl groups is 1. The Morgan fingerprint density at radius 3 is 2.53 bits per heavy atom. The molecule has 0 aromatic rings. The van der Waals surface area contributed by atoms with Crippen molar-refractivity contribution in [3.05, 3.63) is 0 Å². The minimum Gasteiger partial charge on any atom is -0.394 e. The second kappa shape index (κ2) is 5.44. The van der Waals surface area contributed by atoms with Crippen LogP contribution in [0.3, 0.4) is 0 Å². The number of nitrogens with zero attached hydrogens (tertiary/aromatic N) is 1. The maximum Gasteiger partial charge on any atom is 0.254 e. The van der Waals surface area contributed by atoms with E-state index in [1.165, 1.54) is 4.90 Å². The van der Waals surface area contributed by atoms with E-state index < -0.39 is 5.60 Å². The molecule has 1 heterocycles. The van der Waals surface area contributed by atoms with Gasteiger partial charge in [0.05, 0.1) is 13.2 Å². The fraction of sp³-hybridized carbons (Fsp3) is 0.900. The smallest absolute Gasteiger partial charge is 0.254 e. The predicted molar refractivity (Wildman–Crippen MR) is 54.5 cm³/mol. The molecule has 0 unspecified atom stereocenters. The molecule has 5 heteroatoms. The Kier molecular flexibility index (Phi) is 4.50. The van der Waals surface area contributed by atoms with Crippen LogP contribution in [-0.2, 0) is 14.3 Å². The average Bonchev–Trinajstić information content (AvgIpc) is 2.26. The van der Waals surface area contributed by atoms with Crippen LogP contribution >= 0.6 is 0 Å². The molecule has 0 aliphatic carbocycles. The molecule has 0 aromatic heterocycles. The third kappa shape index (κ3) is 2.90. The molecule has 15 heavy (non-hydrogen) atoms. The first-order valence-electron chi connectivity index (χ1n) is 5.17. The molecule has 5 nitrogen and oxygen atoms in total. The Morgan fingerprint density at radius 2 is 2.07 bits per heavy atom. The van der Waals surface area contributed by atoms with E-state index in [0.717, 1.165) is 0 Å². The fourth-order valence-electron chi connectivity index (χ4n) is 1.77. The number of carbonyl (C=O) groups is 1. The quantitative estimate of drug-likeness (QED) is 0.698. The van der Waals surface area contributed by atoms with Crippen molar-refractivity contribution in [2.45, 2.75) is 18.4 Å². The first-order valence-corrected chi connectivity index (χ1v) is 5.17. The highest BCUT2D eigenvalue weighted by Gasteiger charge is 2.42. The maximum atomic E-state index is 12.0. The summed E-state index contributed by atoms with van der Waals surface area (Å²) in [7, 11) is 3.42. The maximum absolute atomic E-state index is 12.0. The lowest BCUT2D eigenvalue weighted by Crippen LogP contribution is -2.52. The lowest BCUT2D eigenvalue weighted by Gasteiger charge is -2.37. The second-order valence-electron chi connectivity index (χ2n) is 3.88. The number of likely N-dealkylation sites (N-methyl/N-ethyl adjacent to an activating group) is 1. The van der Waals surface area contributed by atoms with Crippen molar-refractivity contribution in [3.8, 4) is 0 Å². The largest absolute Gasteiger partial charge is 0.394 e. The predicted octanol–water partition coefficient (Wildman–Crippen LogP) is -0.367. The highest BCUT2D eigenvalue weighted by molar-refractivity contribution is 5.85. The summed E-state index contributed by atoms with van der Waals surface area (Å²) in [5.74, 6) is -0.0424. The second-order valence-corrected chi connectivity index (χ2v) is 3.88. The summed E-state index contributed by atoms with van der Waals surface area (Å²) in [5, 5.41) is 8.75. The van der Waals surface area contributed by atoms with E-state index in [4.69, 9.17) is 14.6 Å². The van der Waals surface area contributed by atoms with Crippen LogP contribution in [-0.4, -0.2) is 62.0 Å². The zero-order valence-electron chi connectivity index (χ0n) is 9.36. The van der Waals surface area contributed by atoms with Crippen LogP contribution in [0.4, 0.5) is 0 Å². The lowest BCUT2D eigenvalue weighted by atomic mass is 9.92. The average molecular weight is 217 g/mol. The van der Waals surface area contributed by atoms with E-state index >= 15 is 0 Å². The van der Waals surface area contributed by atoms with E-state index in [1.807, 2.05) is 0 Å². The van der Waals surface area contributed by atoms with Gasteiger partial charge in [-0.05, 0) is 0 Å². The molecule has 0 aromatic carbocycles. The Morgan fingerprint density at radius 1 is 1.47 bits per heavy atom. The topological polar surface area (TPSA) is 59.0 Å². The first-order chi connectivity index (χ1) is 7.12. The molecule has 1 aliphatic rings. The number of amides is 1. The molecule has 0 spiro atoms. The van der Waals surface area contributed by atoms with Crippen molar-refractivity contribution in [1.29, 1.82) is 0 Å². The number of rotatable bonds is 4. The van der Waals surface area contributed by atoms with Crippen LogP contribution < -0.4 is 0 Å². The molecule has 1 saturated heterocycles. The normalized spacial score (nSPS) is 19.9. The minimum atomic E-state index is -0.787. The van der Waals surface area contributed by atoms with Gasteiger partial charge in [0, 0.05) is 40.2 Å². The van der Waals surface area contributed by atoms with Crippen molar-refractivity contribution in [3.63, 3.8) is 0 Å². The molecule has 1 aliphatic heterocycles. The molecule has 88 valence electrons. The summed E-state index contributed by atoms with van der Waals surface area (Å²) in [6.07, 6.45) is 1.12. The van der Waals surface area contributed by atoms with E-state index in [2.05, 4.69) is 0 Å². The lowest BCUT2D eigenvalue weighted by molar-refractivity contribution is -0.170. The highest BCUT2D eigenvalue weighted by Crippen LogP contribution is 2.26. The third-order valence-electron chi connectivity index (χ3n) is 2.57. The summed E-state index contributed by atoms with van der Waals surface area (Å²) >= 11 is 0. The van der Waals surface area contributed by atoms with Crippen LogP contribution in [0.2, 0.25) is 0 Å². The molecule has 1 amide bonds. The van der Waals surface area contributed by atoms with Gasteiger partial charge < -0.3 is 19.5 Å². The van der Waals surface area contributed by atoms with E-state index in [0.29, 0.717) is 26.1 Å². The summed E-state index contributed by atoms with van der Waals surface area (Å²) in [5.41, 5.74) is -0.787. The summed E-state index contributed by atoms with van der Waals surface area (Å²) < 4.78 is 10.7. The van der Waals surface area contributed by atoms with Gasteiger partial charge in [-0.1, -0.05) is 0 Å². The van der Waals surface area contributed by atoms with E-state index in [-0.39, 0.29) is 19.1 Å². The summed E-state index contributed by atoms with van der Waals surface area (Å²) in [6.45, 7) is 1.19. The minimum absolute atomic E-state index is 0.0424. The molecule has 0 atom stereocenters. The van der Waals surface area contributed by atoms with Gasteiger partial charge in [0.15, 0.2) is 5.60 Å². The van der Waals surface area contributed by atoms with Gasteiger partial charge in [-0.15, -0.1) is 0 Å². The number of hydrogen-bond donors (Lipinski definition) is 1. The van der Waals surface area contributed by atoms with Gasteiger partial charge in [-0.3, -0.25) is 4.79 Å². The van der Waals surface area contributed by atoms with E-state index in [1.54, 1.807) is 14.1 Å². The van der Waals surface area contributed by atoms with Crippen molar-refractivity contribution < 1.29 is 19.4 Å². The Balaban J connectivity index is 2.70. The molecule has 0 saturated carbocycles. The van der Waals surface area contributed by atoms with Crippen LogP contribution in [0, 0.1) is 0 Å². The van der Waals surface area contributed by atoms with Gasteiger partial charge >= 0.3 is 0 Å². The van der Waals surface area contributed by atoms with Gasteiger partial charge in [0.2, 0.25) is 0 Å². The number of carbonyl (C=O) groups excluding carboxylic acids is 1.